The van der Waals surface area contributed by atoms with Crippen molar-refractivity contribution in [2.75, 3.05) is 18.0 Å². The Morgan fingerprint density at radius 1 is 1.27 bits per heavy atom. The summed E-state index contributed by atoms with van der Waals surface area (Å²) in [5.74, 6) is 2.00. The molecule has 0 fully saturated rings. The lowest BCUT2D eigenvalue weighted by Crippen LogP contribution is -2.26. The molecular weight excluding hydrogens is 396 g/mol. The predicted molar refractivity (Wildman–Crippen MR) is 125 cm³/mol. The van der Waals surface area contributed by atoms with Crippen molar-refractivity contribution in [1.29, 1.82) is 0 Å². The van der Waals surface area contributed by atoms with Gasteiger partial charge in [0.25, 0.3) is 0 Å². The van der Waals surface area contributed by atoms with Crippen molar-refractivity contribution in [1.82, 2.24) is 20.6 Å². The Morgan fingerprint density at radius 3 is 2.53 bits per heavy atom. The van der Waals surface area contributed by atoms with Crippen LogP contribution in [0.4, 0.5) is 5.69 Å². The summed E-state index contributed by atoms with van der Waals surface area (Å²) in [5.41, 5.74) is 1.83. The third kappa shape index (κ3) is 6.47. The zero-order valence-corrected chi connectivity index (χ0v) is 18.9. The molecule has 162 valence electrons. The van der Waals surface area contributed by atoms with Gasteiger partial charge in [-0.2, -0.15) is 5.21 Å². The summed E-state index contributed by atoms with van der Waals surface area (Å²) in [6.45, 7) is 11.9. The van der Waals surface area contributed by atoms with E-state index in [0.29, 0.717) is 5.82 Å². The third-order valence-corrected chi connectivity index (χ3v) is 5.13. The van der Waals surface area contributed by atoms with Gasteiger partial charge in [0.2, 0.25) is 5.82 Å². The summed E-state index contributed by atoms with van der Waals surface area (Å²) >= 11 is 1.15. The maximum Gasteiger partial charge on any atom is 0.204 e. The highest BCUT2D eigenvalue weighted by Crippen LogP contribution is 2.41. The molecule has 30 heavy (non-hydrogen) atoms. The van der Waals surface area contributed by atoms with Crippen molar-refractivity contribution in [3.63, 3.8) is 0 Å². The lowest BCUT2D eigenvalue weighted by molar-refractivity contribution is 0.431. The molecule has 1 aromatic carbocycles. The Bertz CT molecular complexity index is 840. The van der Waals surface area contributed by atoms with Crippen LogP contribution in [0.1, 0.15) is 46.5 Å². The molecule has 1 heterocycles. The first-order valence-corrected chi connectivity index (χ1v) is 11.2. The molecule has 1 aromatic heterocycles. The number of unbranched alkanes of at least 4 members (excludes halogenated alkanes) is 2. The second-order valence-corrected chi connectivity index (χ2v) is 7.43. The Morgan fingerprint density at radius 2 is 2.00 bits per heavy atom. The molecule has 0 saturated heterocycles. The van der Waals surface area contributed by atoms with E-state index in [1.807, 2.05) is 31.2 Å². The molecule has 0 spiro atoms. The fourth-order valence-electron chi connectivity index (χ4n) is 2.95. The minimum atomic E-state index is 0.529. The fourth-order valence-corrected chi connectivity index (χ4v) is 3.39. The SMILES string of the molecule is C=C/C=C\C(=C/C)Oc1c(SN)cc(-c2nn[nH]n2)cc1N(CCCC)CCCC. The van der Waals surface area contributed by atoms with Crippen LogP contribution in [0.15, 0.2) is 53.7 Å². The topological polar surface area (TPSA) is 92.9 Å². The van der Waals surface area contributed by atoms with Gasteiger partial charge in [0.1, 0.15) is 5.76 Å². The van der Waals surface area contributed by atoms with Crippen LogP contribution in [0.25, 0.3) is 11.4 Å². The van der Waals surface area contributed by atoms with Crippen LogP contribution in [0.3, 0.4) is 0 Å². The molecule has 0 aliphatic carbocycles. The molecule has 2 rings (SSSR count). The van der Waals surface area contributed by atoms with E-state index in [2.05, 4.69) is 52.0 Å². The van der Waals surface area contributed by atoms with Crippen molar-refractivity contribution < 1.29 is 4.74 Å². The molecule has 0 bridgehead atoms. The van der Waals surface area contributed by atoms with Crippen LogP contribution in [0.5, 0.6) is 5.75 Å². The number of aromatic nitrogens is 4. The molecule has 8 heteroatoms. The minimum absolute atomic E-state index is 0.529. The van der Waals surface area contributed by atoms with E-state index in [1.165, 1.54) is 0 Å². The van der Waals surface area contributed by atoms with Crippen LogP contribution in [0, 0.1) is 0 Å². The summed E-state index contributed by atoms with van der Waals surface area (Å²) in [7, 11) is 0. The molecule has 7 nitrogen and oxygen atoms in total. The predicted octanol–water partition coefficient (Wildman–Crippen LogP) is 5.26. The number of tetrazole rings is 1. The number of hydrogen-bond acceptors (Lipinski definition) is 7. The van der Waals surface area contributed by atoms with Crippen molar-refractivity contribution >= 4 is 17.6 Å². The standard InChI is InChI=1S/C22H32N6OS/c1-5-9-12-18(8-4)29-21-19(28(13-10-6-2)14-11-7-3)15-17(16-20(21)30-23)22-24-26-27-25-22/h5,8-9,12,15-16H,1,6-7,10-11,13-14,23H2,2-4H3,(H,24,25,26,27)/b12-9-,18-8+. The largest absolute Gasteiger partial charge is 0.454 e. The summed E-state index contributed by atoms with van der Waals surface area (Å²) in [6.07, 6.45) is 11.8. The van der Waals surface area contributed by atoms with Crippen molar-refractivity contribution in [3.8, 4) is 17.1 Å². The van der Waals surface area contributed by atoms with E-state index < -0.39 is 0 Å². The number of hydrogen-bond donors (Lipinski definition) is 2. The Balaban J connectivity index is 2.60. The van der Waals surface area contributed by atoms with Gasteiger partial charge in [0, 0.05) is 18.7 Å². The first kappa shape index (κ1) is 23.7. The zero-order chi connectivity index (χ0) is 21.8. The number of rotatable bonds is 13. The van der Waals surface area contributed by atoms with Gasteiger partial charge in [-0.05, 0) is 61.2 Å². The highest BCUT2D eigenvalue weighted by atomic mass is 32.2. The number of allylic oxidation sites excluding steroid dienone is 4. The highest BCUT2D eigenvalue weighted by molar-refractivity contribution is 7.97. The van der Waals surface area contributed by atoms with E-state index in [-0.39, 0.29) is 0 Å². The molecule has 0 radical (unpaired) electrons. The van der Waals surface area contributed by atoms with Gasteiger partial charge in [-0.25, -0.2) is 0 Å². The van der Waals surface area contributed by atoms with Crippen LogP contribution in [-0.4, -0.2) is 33.7 Å². The molecule has 2 aromatic rings. The van der Waals surface area contributed by atoms with Crippen LogP contribution < -0.4 is 14.8 Å². The number of benzene rings is 1. The summed E-state index contributed by atoms with van der Waals surface area (Å²) in [5, 5.41) is 20.6. The lowest BCUT2D eigenvalue weighted by Gasteiger charge is -2.28. The average molecular weight is 429 g/mol. The molecule has 0 saturated carbocycles. The number of ether oxygens (including phenoxy) is 1. The first-order chi connectivity index (χ1) is 14.7. The van der Waals surface area contributed by atoms with Crippen molar-refractivity contribution in [2.24, 2.45) is 5.14 Å². The van der Waals surface area contributed by atoms with Crippen molar-refractivity contribution in [3.05, 3.63) is 48.8 Å². The average Bonchev–Trinajstić information content (AvgIpc) is 3.31. The fraction of sp³-hybridized carbons (Fsp3) is 0.409. The smallest absolute Gasteiger partial charge is 0.204 e. The van der Waals surface area contributed by atoms with Crippen LogP contribution in [0.2, 0.25) is 0 Å². The van der Waals surface area contributed by atoms with Gasteiger partial charge >= 0.3 is 0 Å². The summed E-state index contributed by atoms with van der Waals surface area (Å²) < 4.78 is 6.35. The monoisotopic (exact) mass is 428 g/mol. The number of H-pyrrole nitrogens is 1. The van der Waals surface area contributed by atoms with E-state index in [9.17, 15) is 0 Å². The maximum absolute atomic E-state index is 6.35. The molecule has 0 atom stereocenters. The molecule has 0 amide bonds. The minimum Gasteiger partial charge on any atom is -0.454 e. The van der Waals surface area contributed by atoms with Gasteiger partial charge in [0.15, 0.2) is 5.75 Å². The quantitative estimate of drug-likeness (QED) is 0.255. The second-order valence-electron chi connectivity index (χ2n) is 6.76. The van der Waals surface area contributed by atoms with Gasteiger partial charge in [-0.1, -0.05) is 45.4 Å². The third-order valence-electron chi connectivity index (χ3n) is 4.57. The van der Waals surface area contributed by atoms with Crippen LogP contribution in [-0.2, 0) is 0 Å². The maximum atomic E-state index is 6.35. The van der Waals surface area contributed by atoms with E-state index in [1.54, 1.807) is 6.08 Å². The van der Waals surface area contributed by atoms with Gasteiger partial charge in [-0.3, -0.25) is 5.14 Å². The first-order valence-electron chi connectivity index (χ1n) is 10.3. The Kier molecular flexibility index (Phi) is 10.2. The summed E-state index contributed by atoms with van der Waals surface area (Å²) in [6, 6.07) is 4.01. The van der Waals surface area contributed by atoms with E-state index in [4.69, 9.17) is 9.88 Å². The van der Waals surface area contributed by atoms with Gasteiger partial charge < -0.3 is 9.64 Å². The Hall–Kier alpha value is -2.58. The Labute approximate surface area is 183 Å². The number of nitrogens with one attached hydrogen (secondary N) is 1. The summed E-state index contributed by atoms with van der Waals surface area (Å²) in [4.78, 5) is 3.19. The number of anilines is 1. The number of nitrogens with two attached hydrogens (primary N) is 1. The molecular formula is C22H32N6OS. The second kappa shape index (κ2) is 12.9. The van der Waals surface area contributed by atoms with E-state index in [0.717, 1.165) is 78.4 Å². The van der Waals surface area contributed by atoms with Crippen molar-refractivity contribution in [2.45, 2.75) is 51.3 Å². The lowest BCUT2D eigenvalue weighted by atomic mass is 10.1. The zero-order valence-electron chi connectivity index (χ0n) is 18.1. The molecule has 0 aliphatic rings. The molecule has 0 unspecified atom stereocenters. The van der Waals surface area contributed by atoms with Crippen LogP contribution >= 0.6 is 11.9 Å². The normalized spacial score (nSPS) is 11.8. The number of nitrogens with zero attached hydrogens (tertiary/aromatic N) is 4. The van der Waals surface area contributed by atoms with E-state index >= 15 is 0 Å². The van der Waals surface area contributed by atoms with Gasteiger partial charge in [-0.15, -0.1) is 10.2 Å². The molecule has 0 aliphatic heterocycles. The number of aromatic amines is 1. The highest BCUT2D eigenvalue weighted by Gasteiger charge is 2.20. The molecule has 3 N–H and O–H groups in total. The van der Waals surface area contributed by atoms with Gasteiger partial charge in [0.05, 0.1) is 10.6 Å².